The lowest BCUT2D eigenvalue weighted by atomic mass is 9.82. The molecule has 0 saturated heterocycles. The first-order valence-electron chi connectivity index (χ1n) is 14.8. The van der Waals surface area contributed by atoms with Gasteiger partial charge in [0, 0.05) is 22.3 Å². The number of ether oxygens (including phenoxy) is 2. The summed E-state index contributed by atoms with van der Waals surface area (Å²) in [5, 5.41) is 0. The van der Waals surface area contributed by atoms with Crippen molar-refractivity contribution < 1.29 is 19.1 Å². The van der Waals surface area contributed by atoms with Crippen molar-refractivity contribution in [3.05, 3.63) is 155 Å². The smallest absolute Gasteiger partial charge is 0.193 e. The van der Waals surface area contributed by atoms with Crippen LogP contribution in [0.15, 0.2) is 121 Å². The predicted octanol–water partition coefficient (Wildman–Crippen LogP) is 10.3. The second-order valence-corrected chi connectivity index (χ2v) is 13.0. The Bertz CT molecular complexity index is 1630. The van der Waals surface area contributed by atoms with Gasteiger partial charge in [-0.05, 0) is 94.8 Å². The molecule has 0 atom stereocenters. The molecule has 0 amide bonds. The standard InChI is InChI=1S/C40H38O4/c1-39(2,3)35-13-9-7-11-33(35)37(41)27-15-19-29(20-16-27)43-31-23-25-32(26-24-31)44-30-21-17-28(18-22-30)38(42)34-12-8-10-14-36(34)40(4,5)6/h7-26H,1-6H3. The highest BCUT2D eigenvalue weighted by Crippen LogP contribution is 2.31. The Morgan fingerprint density at radius 2 is 0.682 bits per heavy atom. The molecule has 44 heavy (non-hydrogen) atoms. The highest BCUT2D eigenvalue weighted by atomic mass is 16.5. The van der Waals surface area contributed by atoms with Gasteiger partial charge in [-0.1, -0.05) is 90.1 Å². The van der Waals surface area contributed by atoms with Crippen LogP contribution in [0.25, 0.3) is 0 Å². The van der Waals surface area contributed by atoms with Gasteiger partial charge < -0.3 is 9.47 Å². The van der Waals surface area contributed by atoms with Crippen molar-refractivity contribution in [1.82, 2.24) is 0 Å². The van der Waals surface area contributed by atoms with Crippen molar-refractivity contribution in [3.8, 4) is 23.0 Å². The molecule has 5 aromatic carbocycles. The summed E-state index contributed by atoms with van der Waals surface area (Å²) in [5.41, 5.74) is 4.46. The zero-order valence-corrected chi connectivity index (χ0v) is 26.2. The number of hydrogen-bond donors (Lipinski definition) is 0. The Morgan fingerprint density at radius 1 is 0.409 bits per heavy atom. The molecule has 0 unspecified atom stereocenters. The molecule has 0 spiro atoms. The molecule has 0 N–H and O–H groups in total. The molecule has 5 rings (SSSR count). The minimum atomic E-state index is -0.132. The molecular formula is C40H38O4. The number of hydrogen-bond acceptors (Lipinski definition) is 4. The van der Waals surface area contributed by atoms with Crippen LogP contribution in [-0.4, -0.2) is 11.6 Å². The quantitative estimate of drug-likeness (QED) is 0.171. The van der Waals surface area contributed by atoms with Crippen molar-refractivity contribution >= 4 is 11.6 Å². The van der Waals surface area contributed by atoms with Crippen molar-refractivity contribution in [2.24, 2.45) is 0 Å². The van der Waals surface area contributed by atoms with Crippen LogP contribution in [0, 0.1) is 0 Å². The molecule has 0 saturated carbocycles. The normalized spacial score (nSPS) is 11.6. The molecule has 0 heterocycles. The molecule has 0 aliphatic carbocycles. The molecule has 0 bridgehead atoms. The van der Waals surface area contributed by atoms with E-state index in [9.17, 15) is 9.59 Å². The summed E-state index contributed by atoms with van der Waals surface area (Å²) in [6.07, 6.45) is 0. The van der Waals surface area contributed by atoms with Crippen LogP contribution in [0.2, 0.25) is 0 Å². The summed E-state index contributed by atoms with van der Waals surface area (Å²) in [6, 6.07) is 37.3. The van der Waals surface area contributed by atoms with E-state index >= 15 is 0 Å². The Balaban J connectivity index is 1.22. The molecule has 0 aromatic heterocycles. The van der Waals surface area contributed by atoms with Crippen molar-refractivity contribution in [1.29, 1.82) is 0 Å². The third-order valence-electron chi connectivity index (χ3n) is 7.49. The fourth-order valence-electron chi connectivity index (χ4n) is 5.18. The fourth-order valence-corrected chi connectivity index (χ4v) is 5.18. The predicted molar refractivity (Wildman–Crippen MR) is 177 cm³/mol. The van der Waals surface area contributed by atoms with Crippen LogP contribution < -0.4 is 9.47 Å². The topological polar surface area (TPSA) is 52.6 Å². The maximum absolute atomic E-state index is 13.3. The van der Waals surface area contributed by atoms with Gasteiger partial charge in [-0.2, -0.15) is 0 Å². The Morgan fingerprint density at radius 3 is 0.977 bits per heavy atom. The number of ketones is 2. The van der Waals surface area contributed by atoms with Gasteiger partial charge in [-0.15, -0.1) is 0 Å². The van der Waals surface area contributed by atoms with Crippen LogP contribution in [0.3, 0.4) is 0 Å². The van der Waals surface area contributed by atoms with Gasteiger partial charge in [-0.25, -0.2) is 0 Å². The monoisotopic (exact) mass is 582 g/mol. The Kier molecular flexibility index (Phi) is 8.55. The summed E-state index contributed by atoms with van der Waals surface area (Å²) in [5.74, 6) is 2.55. The van der Waals surface area contributed by atoms with Crippen molar-refractivity contribution in [2.45, 2.75) is 52.4 Å². The lowest BCUT2D eigenvalue weighted by molar-refractivity contribution is 0.102. The van der Waals surface area contributed by atoms with Gasteiger partial charge in [0.15, 0.2) is 11.6 Å². The third kappa shape index (κ3) is 6.98. The minimum absolute atomic E-state index is 0.00398. The lowest BCUT2D eigenvalue weighted by Gasteiger charge is -2.22. The van der Waals surface area contributed by atoms with E-state index in [-0.39, 0.29) is 22.4 Å². The average molecular weight is 583 g/mol. The van der Waals surface area contributed by atoms with E-state index in [1.165, 1.54) is 0 Å². The van der Waals surface area contributed by atoms with E-state index < -0.39 is 0 Å². The maximum Gasteiger partial charge on any atom is 0.193 e. The molecule has 222 valence electrons. The first kappa shape index (κ1) is 30.5. The van der Waals surface area contributed by atoms with Crippen LogP contribution in [0.4, 0.5) is 0 Å². The van der Waals surface area contributed by atoms with E-state index in [1.54, 1.807) is 48.5 Å². The van der Waals surface area contributed by atoms with E-state index in [0.717, 1.165) is 22.3 Å². The van der Waals surface area contributed by atoms with Gasteiger partial charge in [0.25, 0.3) is 0 Å². The van der Waals surface area contributed by atoms with Crippen molar-refractivity contribution in [2.75, 3.05) is 0 Å². The molecule has 0 aliphatic heterocycles. The summed E-state index contributed by atoms with van der Waals surface area (Å²) in [4.78, 5) is 26.5. The first-order chi connectivity index (χ1) is 20.9. The van der Waals surface area contributed by atoms with E-state index in [0.29, 0.717) is 34.1 Å². The lowest BCUT2D eigenvalue weighted by Crippen LogP contribution is -2.17. The summed E-state index contributed by atoms with van der Waals surface area (Å²) in [6.45, 7) is 12.7. The number of carbonyl (C=O) groups excluding carboxylic acids is 2. The summed E-state index contributed by atoms with van der Waals surface area (Å²) >= 11 is 0. The minimum Gasteiger partial charge on any atom is -0.457 e. The van der Waals surface area contributed by atoms with Gasteiger partial charge in [-0.3, -0.25) is 9.59 Å². The average Bonchev–Trinajstić information content (AvgIpc) is 3.01. The fraction of sp³-hybridized carbons (Fsp3) is 0.200. The van der Waals surface area contributed by atoms with Gasteiger partial charge in [0.2, 0.25) is 0 Å². The van der Waals surface area contributed by atoms with E-state index in [2.05, 4.69) is 41.5 Å². The molecule has 0 radical (unpaired) electrons. The van der Waals surface area contributed by atoms with Crippen LogP contribution in [0.1, 0.15) is 84.5 Å². The summed E-state index contributed by atoms with van der Waals surface area (Å²) < 4.78 is 12.0. The van der Waals surface area contributed by atoms with Gasteiger partial charge in [0.05, 0.1) is 0 Å². The zero-order chi connectivity index (χ0) is 31.5. The van der Waals surface area contributed by atoms with Crippen LogP contribution >= 0.6 is 0 Å². The maximum atomic E-state index is 13.3. The number of benzene rings is 5. The molecule has 0 fully saturated rings. The second kappa shape index (κ2) is 12.3. The van der Waals surface area contributed by atoms with Crippen molar-refractivity contribution in [3.63, 3.8) is 0 Å². The van der Waals surface area contributed by atoms with Gasteiger partial charge >= 0.3 is 0 Å². The first-order valence-corrected chi connectivity index (χ1v) is 14.8. The highest BCUT2D eigenvalue weighted by Gasteiger charge is 2.23. The van der Waals surface area contributed by atoms with Crippen LogP contribution in [0.5, 0.6) is 23.0 Å². The Labute approximate surface area is 260 Å². The Hall–Kier alpha value is -4.96. The van der Waals surface area contributed by atoms with E-state index in [4.69, 9.17) is 9.47 Å². The second-order valence-electron chi connectivity index (χ2n) is 13.0. The third-order valence-corrected chi connectivity index (χ3v) is 7.49. The van der Waals surface area contributed by atoms with E-state index in [1.807, 2.05) is 72.8 Å². The van der Waals surface area contributed by atoms with Gasteiger partial charge in [0.1, 0.15) is 23.0 Å². The SMILES string of the molecule is CC(C)(C)c1ccccc1C(=O)c1ccc(Oc2ccc(Oc3ccc(C(=O)c4ccccc4C(C)(C)C)cc3)cc2)cc1. The molecule has 4 heteroatoms. The number of carbonyl (C=O) groups is 2. The van der Waals surface area contributed by atoms with Crippen LogP contribution in [-0.2, 0) is 10.8 Å². The largest absolute Gasteiger partial charge is 0.457 e. The molecule has 5 aromatic rings. The summed E-state index contributed by atoms with van der Waals surface area (Å²) in [7, 11) is 0. The molecule has 0 aliphatic rings. The highest BCUT2D eigenvalue weighted by molar-refractivity contribution is 6.10. The number of rotatable bonds is 8. The molecule has 4 nitrogen and oxygen atoms in total. The zero-order valence-electron chi connectivity index (χ0n) is 26.2. The molecular weight excluding hydrogens is 544 g/mol.